The van der Waals surface area contributed by atoms with E-state index in [1.54, 1.807) is 6.08 Å². The first kappa shape index (κ1) is 19.2. The molecule has 1 aromatic rings. The van der Waals surface area contributed by atoms with Gasteiger partial charge in [-0.15, -0.1) is 6.58 Å². The van der Waals surface area contributed by atoms with E-state index in [0.29, 0.717) is 0 Å². The quantitative estimate of drug-likeness (QED) is 0.777. The predicted octanol–water partition coefficient (Wildman–Crippen LogP) is 4.07. The molecule has 0 spiro atoms. The summed E-state index contributed by atoms with van der Waals surface area (Å²) in [5.41, 5.74) is 0.238. The normalized spacial score (nSPS) is 15.6. The van der Waals surface area contributed by atoms with Crippen molar-refractivity contribution in [1.82, 2.24) is 5.32 Å². The van der Waals surface area contributed by atoms with Crippen LogP contribution < -0.4 is 5.32 Å². The molecule has 4 heteroatoms. The van der Waals surface area contributed by atoms with Gasteiger partial charge in [0, 0.05) is 12.0 Å². The van der Waals surface area contributed by atoms with Crippen LogP contribution in [0.5, 0.6) is 0 Å². The average Bonchev–Trinajstić information content (AvgIpc) is 2.45. The molecular formula is C19H29NO3. The van der Waals surface area contributed by atoms with Crippen molar-refractivity contribution in [3.05, 3.63) is 48.6 Å². The number of aliphatic hydroxyl groups is 1. The lowest BCUT2D eigenvalue weighted by molar-refractivity contribution is 0.0409. The van der Waals surface area contributed by atoms with Crippen molar-refractivity contribution >= 4 is 6.09 Å². The number of ether oxygens (including phenoxy) is 1. The lowest BCUT2D eigenvalue weighted by Crippen LogP contribution is -2.47. The van der Waals surface area contributed by atoms with Gasteiger partial charge in [0.05, 0.1) is 6.10 Å². The average molecular weight is 319 g/mol. The third-order valence-corrected chi connectivity index (χ3v) is 3.59. The van der Waals surface area contributed by atoms with Crippen LogP contribution in [-0.4, -0.2) is 22.8 Å². The van der Waals surface area contributed by atoms with Crippen LogP contribution >= 0.6 is 0 Å². The fraction of sp³-hybridized carbons (Fsp3) is 0.526. The topological polar surface area (TPSA) is 58.6 Å². The molecule has 0 unspecified atom stereocenters. The van der Waals surface area contributed by atoms with Gasteiger partial charge in [-0.1, -0.05) is 50.3 Å². The molecule has 0 aliphatic carbocycles. The summed E-state index contributed by atoms with van der Waals surface area (Å²) in [6, 6.07) is 9.11. The second-order valence-corrected chi connectivity index (χ2v) is 7.08. The number of hydrogen-bond donors (Lipinski definition) is 2. The van der Waals surface area contributed by atoms with Gasteiger partial charge >= 0.3 is 6.09 Å². The number of rotatable bonds is 6. The first-order valence-electron chi connectivity index (χ1n) is 8.00. The lowest BCUT2D eigenvalue weighted by atomic mass is 9.83. The molecule has 0 saturated heterocycles. The smallest absolute Gasteiger partial charge is 0.407 e. The van der Waals surface area contributed by atoms with Crippen molar-refractivity contribution in [2.24, 2.45) is 11.8 Å². The third-order valence-electron chi connectivity index (χ3n) is 3.59. The van der Waals surface area contributed by atoms with Crippen LogP contribution in [0.1, 0.15) is 46.3 Å². The molecule has 1 amide bonds. The minimum atomic E-state index is -0.740. The molecule has 1 aromatic carbocycles. The van der Waals surface area contributed by atoms with Crippen molar-refractivity contribution in [3.8, 4) is 0 Å². The number of carbonyl (C=O) groups is 1. The number of benzene rings is 1. The van der Waals surface area contributed by atoms with E-state index in [-0.39, 0.29) is 17.9 Å². The Morgan fingerprint density at radius 3 is 2.26 bits per heavy atom. The summed E-state index contributed by atoms with van der Waals surface area (Å²) in [6.45, 7) is 13.3. The Morgan fingerprint density at radius 2 is 1.83 bits per heavy atom. The molecule has 0 radical (unpaired) electrons. The SMILES string of the molecule is C=C[C@@H]([C@H](O)c1ccccc1)[C@@H](NC(=O)OC(C)(C)C)C(C)C. The van der Waals surface area contributed by atoms with Crippen LogP contribution in [0.2, 0.25) is 0 Å². The van der Waals surface area contributed by atoms with Gasteiger partial charge in [0.25, 0.3) is 0 Å². The zero-order chi connectivity index (χ0) is 17.6. The summed E-state index contributed by atoms with van der Waals surface area (Å²) in [7, 11) is 0. The first-order chi connectivity index (χ1) is 10.7. The fourth-order valence-electron chi connectivity index (χ4n) is 2.50. The van der Waals surface area contributed by atoms with E-state index < -0.39 is 17.8 Å². The van der Waals surface area contributed by atoms with E-state index in [4.69, 9.17) is 4.74 Å². The summed E-state index contributed by atoms with van der Waals surface area (Å²) in [4.78, 5) is 12.1. The number of hydrogen-bond acceptors (Lipinski definition) is 3. The zero-order valence-electron chi connectivity index (χ0n) is 14.7. The molecule has 128 valence electrons. The minimum Gasteiger partial charge on any atom is -0.444 e. The Labute approximate surface area is 139 Å². The largest absolute Gasteiger partial charge is 0.444 e. The summed E-state index contributed by atoms with van der Waals surface area (Å²) < 4.78 is 5.33. The van der Waals surface area contributed by atoms with Crippen molar-refractivity contribution in [1.29, 1.82) is 0 Å². The van der Waals surface area contributed by atoms with E-state index in [1.807, 2.05) is 65.0 Å². The molecular weight excluding hydrogens is 290 g/mol. The molecule has 0 aliphatic rings. The van der Waals surface area contributed by atoms with Crippen molar-refractivity contribution < 1.29 is 14.6 Å². The molecule has 2 N–H and O–H groups in total. The molecule has 3 atom stereocenters. The maximum atomic E-state index is 12.1. The van der Waals surface area contributed by atoms with E-state index in [9.17, 15) is 9.90 Å². The summed E-state index contributed by atoms with van der Waals surface area (Å²) in [5, 5.41) is 13.6. The first-order valence-corrected chi connectivity index (χ1v) is 8.00. The third kappa shape index (κ3) is 6.06. The van der Waals surface area contributed by atoms with Gasteiger partial charge in [-0.3, -0.25) is 0 Å². The Hall–Kier alpha value is -1.81. The monoisotopic (exact) mass is 319 g/mol. The summed E-state index contributed by atoms with van der Waals surface area (Å²) in [5.74, 6) is -0.200. The molecule has 0 saturated carbocycles. The second-order valence-electron chi connectivity index (χ2n) is 7.08. The second kappa shape index (κ2) is 8.16. The van der Waals surface area contributed by atoms with Gasteiger partial charge < -0.3 is 15.2 Å². The summed E-state index contributed by atoms with van der Waals surface area (Å²) >= 11 is 0. The standard InChI is InChI=1S/C19H29NO3/c1-7-15(17(21)14-11-9-8-10-12-14)16(13(2)3)20-18(22)23-19(4,5)6/h7-13,15-17,21H,1H2,2-6H3,(H,20,22)/t15-,16+,17-/m1/s1. The highest BCUT2D eigenvalue weighted by atomic mass is 16.6. The highest BCUT2D eigenvalue weighted by Gasteiger charge is 2.31. The van der Waals surface area contributed by atoms with Gasteiger partial charge in [-0.2, -0.15) is 0 Å². The highest BCUT2D eigenvalue weighted by molar-refractivity contribution is 5.68. The van der Waals surface area contributed by atoms with Crippen molar-refractivity contribution in [2.75, 3.05) is 0 Å². The molecule has 23 heavy (non-hydrogen) atoms. The number of alkyl carbamates (subject to hydrolysis) is 1. The van der Waals surface area contributed by atoms with Crippen LogP contribution in [0.15, 0.2) is 43.0 Å². The van der Waals surface area contributed by atoms with E-state index >= 15 is 0 Å². The van der Waals surface area contributed by atoms with Crippen LogP contribution in [-0.2, 0) is 4.74 Å². The molecule has 0 fully saturated rings. The van der Waals surface area contributed by atoms with Crippen molar-refractivity contribution in [2.45, 2.75) is 52.4 Å². The molecule has 0 aliphatic heterocycles. The Balaban J connectivity index is 2.93. The Morgan fingerprint density at radius 1 is 1.26 bits per heavy atom. The molecule has 4 nitrogen and oxygen atoms in total. The van der Waals surface area contributed by atoms with Gasteiger partial charge in [0.2, 0.25) is 0 Å². The van der Waals surface area contributed by atoms with Gasteiger partial charge in [-0.25, -0.2) is 4.79 Å². The van der Waals surface area contributed by atoms with E-state index in [2.05, 4.69) is 11.9 Å². The highest BCUT2D eigenvalue weighted by Crippen LogP contribution is 2.29. The van der Waals surface area contributed by atoms with E-state index in [1.165, 1.54) is 0 Å². The minimum absolute atomic E-state index is 0.115. The fourth-order valence-corrected chi connectivity index (χ4v) is 2.50. The van der Waals surface area contributed by atoms with Gasteiger partial charge in [-0.05, 0) is 32.3 Å². The number of nitrogens with one attached hydrogen (secondary N) is 1. The number of carbonyl (C=O) groups excluding carboxylic acids is 1. The summed E-state index contributed by atoms with van der Waals surface area (Å²) in [6.07, 6.45) is 0.471. The molecule has 0 heterocycles. The van der Waals surface area contributed by atoms with Crippen molar-refractivity contribution in [3.63, 3.8) is 0 Å². The predicted molar refractivity (Wildman–Crippen MR) is 93.1 cm³/mol. The maximum absolute atomic E-state index is 12.1. The van der Waals surface area contributed by atoms with Crippen LogP contribution in [0, 0.1) is 11.8 Å². The van der Waals surface area contributed by atoms with E-state index in [0.717, 1.165) is 5.56 Å². The zero-order valence-corrected chi connectivity index (χ0v) is 14.7. The molecule has 0 bridgehead atoms. The van der Waals surface area contributed by atoms with Gasteiger partial charge in [0.15, 0.2) is 0 Å². The molecule has 0 aromatic heterocycles. The van der Waals surface area contributed by atoms with Gasteiger partial charge in [0.1, 0.15) is 5.60 Å². The number of aliphatic hydroxyl groups excluding tert-OH is 1. The van der Waals surface area contributed by atoms with Crippen LogP contribution in [0.25, 0.3) is 0 Å². The molecule has 1 rings (SSSR count). The van der Waals surface area contributed by atoms with Crippen LogP contribution in [0.3, 0.4) is 0 Å². The lowest BCUT2D eigenvalue weighted by Gasteiger charge is -2.33. The Bertz CT molecular complexity index is 505. The maximum Gasteiger partial charge on any atom is 0.407 e. The Kier molecular flexibility index (Phi) is 6.82. The number of amides is 1. The van der Waals surface area contributed by atoms with Crippen LogP contribution in [0.4, 0.5) is 4.79 Å².